The summed E-state index contributed by atoms with van der Waals surface area (Å²) in [4.78, 5) is 9.18. The van der Waals surface area contributed by atoms with E-state index in [9.17, 15) is 5.11 Å². The summed E-state index contributed by atoms with van der Waals surface area (Å²) in [6.45, 7) is 8.61. The van der Waals surface area contributed by atoms with Crippen molar-refractivity contribution in [1.29, 1.82) is 0 Å². The molecule has 0 bridgehead atoms. The summed E-state index contributed by atoms with van der Waals surface area (Å²) < 4.78 is 5.35. The number of hydrogen-bond donors (Lipinski definition) is 3. The molecule has 2 aromatic rings. The number of nitrogens with zero attached hydrogens (tertiary/aromatic N) is 3. The summed E-state index contributed by atoms with van der Waals surface area (Å²) in [7, 11) is 0. The standard InChI is InChI=1S/C21H32ClN5O2.HI/c1-4-21(5-2,12-14-28)15-25-20(23-6-3)24-13-11-18-26-19(27-29-18)16-7-9-17(22)10-8-16;/h7-10,28H,4-6,11-15H2,1-3H3,(H2,23,24,25);1H. The average Bonchev–Trinajstić information content (AvgIpc) is 3.20. The first-order valence-corrected chi connectivity index (χ1v) is 10.6. The minimum Gasteiger partial charge on any atom is -0.396 e. The van der Waals surface area contributed by atoms with Crippen molar-refractivity contribution in [2.45, 2.75) is 46.5 Å². The zero-order valence-electron chi connectivity index (χ0n) is 17.9. The predicted octanol–water partition coefficient (Wildman–Crippen LogP) is 4.29. The number of aliphatic hydroxyl groups excluding tert-OH is 1. The van der Waals surface area contributed by atoms with Crippen LogP contribution < -0.4 is 10.6 Å². The van der Waals surface area contributed by atoms with Crippen molar-refractivity contribution in [2.24, 2.45) is 10.4 Å². The Kier molecular flexibility index (Phi) is 12.3. The lowest BCUT2D eigenvalue weighted by molar-refractivity contribution is 0.175. The average molecular weight is 550 g/mol. The summed E-state index contributed by atoms with van der Waals surface area (Å²) in [6, 6.07) is 7.34. The van der Waals surface area contributed by atoms with Crippen LogP contribution in [0.3, 0.4) is 0 Å². The van der Waals surface area contributed by atoms with E-state index in [2.05, 4.69) is 34.6 Å². The highest BCUT2D eigenvalue weighted by Gasteiger charge is 2.25. The predicted molar refractivity (Wildman–Crippen MR) is 133 cm³/mol. The molecule has 2 rings (SSSR count). The van der Waals surface area contributed by atoms with Gasteiger partial charge in [-0.25, -0.2) is 0 Å². The van der Waals surface area contributed by atoms with Crippen molar-refractivity contribution < 1.29 is 9.63 Å². The maximum atomic E-state index is 9.39. The SMILES string of the molecule is CCNC(=NCC(CC)(CC)CCO)NCCc1nc(-c2ccc(Cl)cc2)no1.I. The van der Waals surface area contributed by atoms with Crippen LogP contribution in [0, 0.1) is 5.41 Å². The van der Waals surface area contributed by atoms with Gasteiger partial charge in [-0.3, -0.25) is 4.99 Å². The molecular formula is C21H33ClIN5O2. The van der Waals surface area contributed by atoms with E-state index in [1.165, 1.54) is 0 Å². The van der Waals surface area contributed by atoms with Crippen LogP contribution in [-0.2, 0) is 6.42 Å². The summed E-state index contributed by atoms with van der Waals surface area (Å²) in [5.74, 6) is 1.88. The zero-order valence-corrected chi connectivity index (χ0v) is 21.0. The van der Waals surface area contributed by atoms with Gasteiger partial charge in [0.15, 0.2) is 5.96 Å². The fourth-order valence-corrected chi connectivity index (χ4v) is 3.22. The normalized spacial score (nSPS) is 11.8. The molecule has 0 atom stereocenters. The molecule has 0 aliphatic rings. The Balaban J connectivity index is 0.00000450. The highest BCUT2D eigenvalue weighted by atomic mass is 127. The lowest BCUT2D eigenvalue weighted by Crippen LogP contribution is -2.39. The topological polar surface area (TPSA) is 95.6 Å². The molecule has 7 nitrogen and oxygen atoms in total. The van der Waals surface area contributed by atoms with E-state index in [0.717, 1.165) is 37.3 Å². The Morgan fingerprint density at radius 3 is 2.47 bits per heavy atom. The summed E-state index contributed by atoms with van der Waals surface area (Å²) >= 11 is 5.92. The molecule has 168 valence electrons. The quantitative estimate of drug-likeness (QED) is 0.220. The van der Waals surface area contributed by atoms with Gasteiger partial charge in [0.1, 0.15) is 0 Å². The largest absolute Gasteiger partial charge is 0.396 e. The van der Waals surface area contributed by atoms with Crippen molar-refractivity contribution in [1.82, 2.24) is 20.8 Å². The third kappa shape index (κ3) is 8.03. The molecule has 0 saturated carbocycles. The van der Waals surface area contributed by atoms with Gasteiger partial charge in [0, 0.05) is 43.2 Å². The fraction of sp³-hybridized carbons (Fsp3) is 0.571. The first kappa shape index (κ1) is 26.6. The second-order valence-electron chi connectivity index (χ2n) is 7.07. The molecule has 0 radical (unpaired) electrons. The number of guanidine groups is 1. The summed E-state index contributed by atoms with van der Waals surface area (Å²) in [5.41, 5.74) is 0.906. The first-order valence-electron chi connectivity index (χ1n) is 10.3. The Bertz CT molecular complexity index is 763. The van der Waals surface area contributed by atoms with E-state index in [1.54, 1.807) is 12.1 Å². The van der Waals surface area contributed by atoms with Gasteiger partial charge in [0.05, 0.1) is 0 Å². The Morgan fingerprint density at radius 1 is 1.17 bits per heavy atom. The molecule has 30 heavy (non-hydrogen) atoms. The Hall–Kier alpha value is -1.39. The summed E-state index contributed by atoms with van der Waals surface area (Å²) in [6.07, 6.45) is 3.33. The number of halogens is 2. The number of aliphatic imine (C=N–C) groups is 1. The van der Waals surface area contributed by atoms with Crippen molar-refractivity contribution in [3.8, 4) is 11.4 Å². The maximum absolute atomic E-state index is 9.39. The number of rotatable bonds is 11. The lowest BCUT2D eigenvalue weighted by Gasteiger charge is -2.29. The van der Waals surface area contributed by atoms with Gasteiger partial charge in [-0.15, -0.1) is 24.0 Å². The number of aliphatic hydroxyl groups is 1. The minimum atomic E-state index is 0. The molecule has 1 aromatic heterocycles. The van der Waals surface area contributed by atoms with Crippen LogP contribution in [0.4, 0.5) is 0 Å². The van der Waals surface area contributed by atoms with E-state index in [4.69, 9.17) is 21.1 Å². The lowest BCUT2D eigenvalue weighted by atomic mass is 9.79. The van der Waals surface area contributed by atoms with Gasteiger partial charge >= 0.3 is 0 Å². The van der Waals surface area contributed by atoms with Crippen molar-refractivity contribution in [3.63, 3.8) is 0 Å². The van der Waals surface area contributed by atoms with Crippen molar-refractivity contribution >= 4 is 41.5 Å². The maximum Gasteiger partial charge on any atom is 0.228 e. The number of benzene rings is 1. The highest BCUT2D eigenvalue weighted by molar-refractivity contribution is 14.0. The molecule has 3 N–H and O–H groups in total. The van der Waals surface area contributed by atoms with Gasteiger partial charge in [-0.2, -0.15) is 4.98 Å². The van der Waals surface area contributed by atoms with E-state index in [0.29, 0.717) is 36.2 Å². The third-order valence-corrected chi connectivity index (χ3v) is 5.51. The smallest absolute Gasteiger partial charge is 0.228 e. The molecule has 0 spiro atoms. The molecule has 0 saturated heterocycles. The van der Waals surface area contributed by atoms with E-state index in [1.807, 2.05) is 19.1 Å². The van der Waals surface area contributed by atoms with E-state index >= 15 is 0 Å². The van der Waals surface area contributed by atoms with Gasteiger partial charge in [0.2, 0.25) is 11.7 Å². The summed E-state index contributed by atoms with van der Waals surface area (Å²) in [5, 5.41) is 20.7. The Morgan fingerprint density at radius 2 is 1.87 bits per heavy atom. The van der Waals surface area contributed by atoms with Gasteiger partial charge in [0.25, 0.3) is 0 Å². The molecule has 0 amide bonds. The number of nitrogens with one attached hydrogen (secondary N) is 2. The Labute approximate surface area is 201 Å². The number of aromatic nitrogens is 2. The first-order chi connectivity index (χ1) is 14.1. The van der Waals surface area contributed by atoms with Crippen LogP contribution >= 0.6 is 35.6 Å². The molecule has 0 aliphatic heterocycles. The molecule has 1 aromatic carbocycles. The van der Waals surface area contributed by atoms with Crippen LogP contribution in [0.2, 0.25) is 5.02 Å². The van der Waals surface area contributed by atoms with Crippen molar-refractivity contribution in [2.75, 3.05) is 26.2 Å². The molecule has 9 heteroatoms. The van der Waals surface area contributed by atoms with Crippen LogP contribution in [0.15, 0.2) is 33.8 Å². The third-order valence-electron chi connectivity index (χ3n) is 5.26. The van der Waals surface area contributed by atoms with Gasteiger partial charge in [-0.05, 0) is 55.9 Å². The molecule has 0 unspecified atom stereocenters. The van der Waals surface area contributed by atoms with Crippen LogP contribution in [0.5, 0.6) is 0 Å². The van der Waals surface area contributed by atoms with Crippen molar-refractivity contribution in [3.05, 3.63) is 35.2 Å². The fourth-order valence-electron chi connectivity index (χ4n) is 3.09. The molecule has 0 fully saturated rings. The molecular weight excluding hydrogens is 517 g/mol. The number of hydrogen-bond acceptors (Lipinski definition) is 5. The minimum absolute atomic E-state index is 0. The van der Waals surface area contributed by atoms with Gasteiger partial charge in [-0.1, -0.05) is 30.6 Å². The van der Waals surface area contributed by atoms with E-state index < -0.39 is 0 Å². The van der Waals surface area contributed by atoms with Gasteiger partial charge < -0.3 is 20.3 Å². The van der Waals surface area contributed by atoms with E-state index in [-0.39, 0.29) is 36.0 Å². The molecule has 1 heterocycles. The van der Waals surface area contributed by atoms with Crippen LogP contribution in [-0.4, -0.2) is 47.4 Å². The zero-order chi connectivity index (χ0) is 21.1. The van der Waals surface area contributed by atoms with Crippen LogP contribution in [0.1, 0.15) is 45.9 Å². The second kappa shape index (κ2) is 13.8. The monoisotopic (exact) mass is 549 g/mol. The molecule has 0 aliphatic carbocycles. The van der Waals surface area contributed by atoms with Crippen LogP contribution in [0.25, 0.3) is 11.4 Å². The highest BCUT2D eigenvalue weighted by Crippen LogP contribution is 2.30. The second-order valence-corrected chi connectivity index (χ2v) is 7.51.